The van der Waals surface area contributed by atoms with Gasteiger partial charge >= 0.3 is 0 Å². The van der Waals surface area contributed by atoms with Crippen LogP contribution in [0.1, 0.15) is 22.0 Å². The molecule has 3 aromatic rings. The van der Waals surface area contributed by atoms with Crippen LogP contribution in [0.3, 0.4) is 0 Å². The highest BCUT2D eigenvalue weighted by atomic mass is 32.1. The van der Waals surface area contributed by atoms with Crippen molar-refractivity contribution in [2.45, 2.75) is 12.6 Å². The second kappa shape index (κ2) is 7.88. The maximum Gasteiger partial charge on any atom is 0.295 e. The van der Waals surface area contributed by atoms with E-state index in [2.05, 4.69) is 4.98 Å². The number of aromatic nitrogens is 1. The lowest BCUT2D eigenvalue weighted by Gasteiger charge is -2.24. The Kier molecular flexibility index (Phi) is 5.11. The van der Waals surface area contributed by atoms with Gasteiger partial charge in [0.1, 0.15) is 5.76 Å². The van der Waals surface area contributed by atoms with Crippen LogP contribution in [0.2, 0.25) is 0 Å². The number of rotatable bonds is 5. The fraction of sp³-hybridized carbons (Fsp3) is 0.0952. The summed E-state index contributed by atoms with van der Waals surface area (Å²) in [6.45, 7) is 0.188. The zero-order chi connectivity index (χ0) is 21.3. The molecule has 1 unspecified atom stereocenters. The van der Waals surface area contributed by atoms with Gasteiger partial charge in [-0.1, -0.05) is 24.3 Å². The van der Waals surface area contributed by atoms with Crippen molar-refractivity contribution >= 4 is 34.5 Å². The summed E-state index contributed by atoms with van der Waals surface area (Å²) in [6.07, 6.45) is 3.09. The number of amides is 1. The summed E-state index contributed by atoms with van der Waals surface area (Å²) in [5.74, 6) is -2.05. The maximum atomic E-state index is 12.9. The van der Waals surface area contributed by atoms with Gasteiger partial charge in [-0.25, -0.2) is 0 Å². The van der Waals surface area contributed by atoms with Gasteiger partial charge in [0.25, 0.3) is 17.4 Å². The second-order valence-electron chi connectivity index (χ2n) is 6.60. The minimum absolute atomic E-state index is 0.0900. The molecule has 150 valence electrons. The molecule has 1 aromatic carbocycles. The normalized spacial score (nSPS) is 18.0. The van der Waals surface area contributed by atoms with E-state index in [1.807, 2.05) is 17.5 Å². The van der Waals surface area contributed by atoms with Crippen LogP contribution in [-0.2, 0) is 16.1 Å². The van der Waals surface area contributed by atoms with E-state index < -0.39 is 28.4 Å². The van der Waals surface area contributed by atoms with E-state index in [0.717, 1.165) is 4.88 Å². The third-order valence-corrected chi connectivity index (χ3v) is 5.64. The number of ketones is 1. The average molecular weight is 421 g/mol. The summed E-state index contributed by atoms with van der Waals surface area (Å²) in [4.78, 5) is 42.6. The molecule has 1 saturated heterocycles. The fourth-order valence-corrected chi connectivity index (χ4v) is 4.12. The highest BCUT2D eigenvalue weighted by Gasteiger charge is 2.46. The molecule has 4 rings (SSSR count). The average Bonchev–Trinajstić information content (AvgIpc) is 3.36. The van der Waals surface area contributed by atoms with Crippen LogP contribution < -0.4 is 0 Å². The van der Waals surface area contributed by atoms with Crippen molar-refractivity contribution in [2.24, 2.45) is 0 Å². The number of benzene rings is 1. The van der Waals surface area contributed by atoms with Gasteiger partial charge in [0.15, 0.2) is 0 Å². The Hall–Kier alpha value is -3.85. The van der Waals surface area contributed by atoms with E-state index in [9.17, 15) is 24.8 Å². The van der Waals surface area contributed by atoms with Crippen LogP contribution in [0, 0.1) is 10.1 Å². The van der Waals surface area contributed by atoms with Crippen LogP contribution >= 0.6 is 11.3 Å². The Balaban J connectivity index is 1.87. The van der Waals surface area contributed by atoms with E-state index in [1.54, 1.807) is 18.3 Å². The van der Waals surface area contributed by atoms with Gasteiger partial charge in [0.2, 0.25) is 0 Å². The number of nitro groups is 1. The molecule has 0 radical (unpaired) electrons. The number of carbonyl (C=O) groups excluding carboxylic acids is 2. The van der Waals surface area contributed by atoms with E-state index in [0.29, 0.717) is 5.56 Å². The van der Waals surface area contributed by atoms with Crippen LogP contribution in [0.25, 0.3) is 5.76 Å². The summed E-state index contributed by atoms with van der Waals surface area (Å²) in [5.41, 5.74) is 0.294. The number of hydrogen-bond donors (Lipinski definition) is 1. The van der Waals surface area contributed by atoms with Gasteiger partial charge in [-0.3, -0.25) is 24.7 Å². The standard InChI is InChI=1S/C21H15N3O5S/c25-19(13-4-1-6-15(10-13)24(28)29)17-18(14-5-2-8-22-11-14)23(21(27)20(17)26)12-16-7-3-9-30-16/h1-11,18,25H,12H2/b19-17-. The molecule has 2 aromatic heterocycles. The fourth-order valence-electron chi connectivity index (χ4n) is 3.42. The molecule has 0 saturated carbocycles. The molecule has 8 nitrogen and oxygen atoms in total. The molecule has 1 atom stereocenters. The van der Waals surface area contributed by atoms with Crippen LogP contribution in [0.5, 0.6) is 0 Å². The molecule has 1 aliphatic heterocycles. The van der Waals surface area contributed by atoms with Gasteiger partial charge in [-0.2, -0.15) is 0 Å². The summed E-state index contributed by atoms with van der Waals surface area (Å²) < 4.78 is 0. The van der Waals surface area contributed by atoms with E-state index >= 15 is 0 Å². The smallest absolute Gasteiger partial charge is 0.295 e. The number of pyridine rings is 1. The number of carbonyl (C=O) groups is 2. The van der Waals surface area contributed by atoms with Crippen molar-refractivity contribution in [2.75, 3.05) is 0 Å². The highest BCUT2D eigenvalue weighted by Crippen LogP contribution is 2.40. The van der Waals surface area contributed by atoms with Gasteiger partial charge in [0.05, 0.1) is 23.1 Å². The van der Waals surface area contributed by atoms with Crippen molar-refractivity contribution in [3.05, 3.63) is 98.0 Å². The van der Waals surface area contributed by atoms with Crippen molar-refractivity contribution in [1.29, 1.82) is 0 Å². The van der Waals surface area contributed by atoms with Crippen molar-refractivity contribution in [3.63, 3.8) is 0 Å². The Labute approximate surface area is 174 Å². The number of likely N-dealkylation sites (tertiary alicyclic amines) is 1. The van der Waals surface area contributed by atoms with Crippen molar-refractivity contribution in [3.8, 4) is 0 Å². The number of Topliss-reactive ketones (excluding diaryl/α,β-unsaturated/α-hetero) is 1. The maximum absolute atomic E-state index is 12.9. The number of non-ortho nitro benzene ring substituents is 1. The molecule has 0 spiro atoms. The van der Waals surface area contributed by atoms with E-state index in [1.165, 1.54) is 46.7 Å². The third kappa shape index (κ3) is 3.46. The van der Waals surface area contributed by atoms with Gasteiger partial charge in [0, 0.05) is 35.0 Å². The summed E-state index contributed by atoms with van der Waals surface area (Å²) >= 11 is 1.45. The first kappa shape index (κ1) is 19.5. The van der Waals surface area contributed by atoms with Crippen molar-refractivity contribution in [1.82, 2.24) is 9.88 Å². The number of nitro benzene ring substituents is 1. The molecule has 30 heavy (non-hydrogen) atoms. The van der Waals surface area contributed by atoms with Crippen molar-refractivity contribution < 1.29 is 19.6 Å². The largest absolute Gasteiger partial charge is 0.507 e. The third-order valence-electron chi connectivity index (χ3n) is 4.78. The molecule has 0 bridgehead atoms. The minimum Gasteiger partial charge on any atom is -0.507 e. The molecule has 1 N–H and O–H groups in total. The van der Waals surface area contributed by atoms with Crippen LogP contribution in [0.15, 0.2) is 71.9 Å². The monoisotopic (exact) mass is 421 g/mol. The lowest BCUT2D eigenvalue weighted by atomic mass is 9.96. The lowest BCUT2D eigenvalue weighted by Crippen LogP contribution is -2.28. The van der Waals surface area contributed by atoms with Gasteiger partial charge in [-0.05, 0) is 23.1 Å². The Morgan fingerprint density at radius 2 is 2.03 bits per heavy atom. The number of aliphatic hydroxyl groups excluding tert-OH is 1. The topological polar surface area (TPSA) is 114 Å². The summed E-state index contributed by atoms with van der Waals surface area (Å²) in [6, 6.07) is 11.5. The number of aliphatic hydroxyl groups is 1. The Morgan fingerprint density at radius 3 is 2.70 bits per heavy atom. The minimum atomic E-state index is -0.861. The first-order valence-corrected chi connectivity index (χ1v) is 9.81. The highest BCUT2D eigenvalue weighted by molar-refractivity contribution is 7.09. The lowest BCUT2D eigenvalue weighted by molar-refractivity contribution is -0.384. The molecular weight excluding hydrogens is 406 g/mol. The first-order chi connectivity index (χ1) is 14.5. The zero-order valence-corrected chi connectivity index (χ0v) is 16.3. The second-order valence-corrected chi connectivity index (χ2v) is 7.63. The molecular formula is C21H15N3O5S. The first-order valence-electron chi connectivity index (χ1n) is 8.93. The SMILES string of the molecule is O=C1C(=O)N(Cc2cccs2)C(c2cccnc2)/C1=C(/O)c1cccc([N+](=O)[O-])c1. The Bertz CT molecular complexity index is 1160. The molecule has 1 fully saturated rings. The summed E-state index contributed by atoms with van der Waals surface area (Å²) in [7, 11) is 0. The zero-order valence-electron chi connectivity index (χ0n) is 15.5. The summed E-state index contributed by atoms with van der Waals surface area (Å²) in [5, 5.41) is 23.9. The van der Waals surface area contributed by atoms with E-state index in [4.69, 9.17) is 0 Å². The predicted octanol–water partition coefficient (Wildman–Crippen LogP) is 3.67. The Morgan fingerprint density at radius 1 is 1.20 bits per heavy atom. The number of hydrogen-bond acceptors (Lipinski definition) is 7. The number of thiophene rings is 1. The van der Waals surface area contributed by atoms with E-state index in [-0.39, 0.29) is 23.4 Å². The van der Waals surface area contributed by atoms with Crippen LogP contribution in [-0.4, -0.2) is 31.6 Å². The van der Waals surface area contributed by atoms with Gasteiger partial charge < -0.3 is 10.0 Å². The molecule has 3 heterocycles. The molecule has 1 aliphatic rings. The molecule has 1 amide bonds. The molecule has 9 heteroatoms. The van der Waals surface area contributed by atoms with Crippen LogP contribution in [0.4, 0.5) is 5.69 Å². The predicted molar refractivity (Wildman–Crippen MR) is 109 cm³/mol. The van der Waals surface area contributed by atoms with Gasteiger partial charge in [-0.15, -0.1) is 11.3 Å². The quantitative estimate of drug-likeness (QED) is 0.221. The number of nitrogens with zero attached hydrogens (tertiary/aromatic N) is 3. The molecule has 0 aliphatic carbocycles.